The van der Waals surface area contributed by atoms with Crippen LogP contribution in [0.5, 0.6) is 0 Å². The van der Waals surface area contributed by atoms with Crippen LogP contribution in [-0.2, 0) is 29.0 Å². The number of carbonyl (C=O) groups is 1. The molecule has 2 aliphatic rings. The number of nitrogens with zero attached hydrogens (tertiary/aromatic N) is 2. The van der Waals surface area contributed by atoms with Crippen LogP contribution in [0.1, 0.15) is 33.9 Å². The van der Waals surface area contributed by atoms with Crippen LogP contribution in [-0.4, -0.2) is 48.5 Å². The number of amides is 1. The number of piperazine rings is 1. The zero-order valence-corrected chi connectivity index (χ0v) is 18.5. The van der Waals surface area contributed by atoms with Crippen molar-refractivity contribution in [1.82, 2.24) is 9.80 Å². The van der Waals surface area contributed by atoms with Gasteiger partial charge in [-0.2, -0.15) is 0 Å². The number of rotatable bonds is 5. The van der Waals surface area contributed by atoms with Gasteiger partial charge in [-0.1, -0.05) is 78.9 Å². The molecule has 1 heterocycles. The zero-order chi connectivity index (χ0) is 21.8. The molecule has 0 radical (unpaired) electrons. The van der Waals surface area contributed by atoms with E-state index >= 15 is 0 Å². The normalized spacial score (nSPS) is 16.8. The molecular weight excluding hydrogens is 396 g/mol. The summed E-state index contributed by atoms with van der Waals surface area (Å²) in [6.45, 7) is 3.85. The Kier molecular flexibility index (Phi) is 6.33. The SMILES string of the molecule is O=C(COCc1ccccc1)N1CCN(C2c3ccccc3CCc3ccccc32)CC1. The van der Waals surface area contributed by atoms with Gasteiger partial charge in [0.15, 0.2) is 0 Å². The maximum absolute atomic E-state index is 12.7. The van der Waals surface area contributed by atoms with Crippen LogP contribution >= 0.6 is 0 Å². The van der Waals surface area contributed by atoms with E-state index in [0.29, 0.717) is 6.61 Å². The van der Waals surface area contributed by atoms with Gasteiger partial charge in [0, 0.05) is 26.2 Å². The largest absolute Gasteiger partial charge is 0.367 e. The predicted molar refractivity (Wildman–Crippen MR) is 126 cm³/mol. The topological polar surface area (TPSA) is 32.8 Å². The molecule has 1 aliphatic heterocycles. The molecule has 0 aromatic heterocycles. The third-order valence-electron chi connectivity index (χ3n) is 6.73. The highest BCUT2D eigenvalue weighted by atomic mass is 16.5. The minimum Gasteiger partial charge on any atom is -0.367 e. The van der Waals surface area contributed by atoms with E-state index in [2.05, 4.69) is 53.4 Å². The monoisotopic (exact) mass is 426 g/mol. The van der Waals surface area contributed by atoms with Crippen LogP contribution in [0.2, 0.25) is 0 Å². The van der Waals surface area contributed by atoms with Crippen molar-refractivity contribution in [1.29, 1.82) is 0 Å². The summed E-state index contributed by atoms with van der Waals surface area (Å²) in [5.74, 6) is 0.0854. The van der Waals surface area contributed by atoms with Gasteiger partial charge in [0.05, 0.1) is 12.6 Å². The highest BCUT2D eigenvalue weighted by Gasteiger charge is 2.31. The van der Waals surface area contributed by atoms with Crippen molar-refractivity contribution in [2.24, 2.45) is 0 Å². The minimum absolute atomic E-state index is 0.0854. The fraction of sp³-hybridized carbons (Fsp3) is 0.321. The molecule has 0 spiro atoms. The van der Waals surface area contributed by atoms with Crippen molar-refractivity contribution in [3.05, 3.63) is 107 Å². The number of fused-ring (bicyclic) bond motifs is 2. The second-order valence-electron chi connectivity index (χ2n) is 8.70. The molecule has 1 saturated heterocycles. The van der Waals surface area contributed by atoms with E-state index in [1.54, 1.807) is 0 Å². The molecule has 1 aliphatic carbocycles. The maximum atomic E-state index is 12.7. The van der Waals surface area contributed by atoms with Gasteiger partial charge in [0.25, 0.3) is 0 Å². The highest BCUT2D eigenvalue weighted by molar-refractivity contribution is 5.77. The van der Waals surface area contributed by atoms with Crippen molar-refractivity contribution in [2.45, 2.75) is 25.5 Å². The van der Waals surface area contributed by atoms with Crippen LogP contribution in [0.25, 0.3) is 0 Å². The summed E-state index contributed by atoms with van der Waals surface area (Å²) < 4.78 is 5.68. The van der Waals surface area contributed by atoms with E-state index in [4.69, 9.17) is 4.74 Å². The van der Waals surface area contributed by atoms with E-state index in [0.717, 1.165) is 44.6 Å². The van der Waals surface area contributed by atoms with Gasteiger partial charge in [-0.3, -0.25) is 9.69 Å². The average Bonchev–Trinajstić information content (AvgIpc) is 3.02. The first-order valence-electron chi connectivity index (χ1n) is 11.6. The van der Waals surface area contributed by atoms with E-state index in [1.807, 2.05) is 35.2 Å². The molecule has 1 amide bonds. The molecule has 1 fully saturated rings. The number of aryl methyl sites for hydroxylation is 2. The Balaban J connectivity index is 1.25. The minimum atomic E-state index is 0.0854. The summed E-state index contributed by atoms with van der Waals surface area (Å²) in [4.78, 5) is 17.2. The fourth-order valence-corrected chi connectivity index (χ4v) is 5.04. The first kappa shape index (κ1) is 20.9. The standard InChI is InChI=1S/C28H30N2O2/c31-27(21-32-20-22-8-2-1-3-9-22)29-16-18-30(19-17-29)28-25-12-6-4-10-23(25)14-15-24-11-5-7-13-26(24)28/h1-13,28H,14-21H2. The molecule has 4 nitrogen and oxygen atoms in total. The van der Waals surface area contributed by atoms with E-state index < -0.39 is 0 Å². The lowest BCUT2D eigenvalue weighted by Crippen LogP contribution is -2.50. The molecule has 0 N–H and O–H groups in total. The number of hydrogen-bond acceptors (Lipinski definition) is 3. The Labute approximate surface area is 190 Å². The lowest BCUT2D eigenvalue weighted by atomic mass is 9.93. The van der Waals surface area contributed by atoms with E-state index in [-0.39, 0.29) is 18.6 Å². The maximum Gasteiger partial charge on any atom is 0.248 e. The molecule has 164 valence electrons. The molecule has 0 bridgehead atoms. The summed E-state index contributed by atoms with van der Waals surface area (Å²) in [7, 11) is 0. The van der Waals surface area contributed by atoms with Crippen LogP contribution in [0.4, 0.5) is 0 Å². The van der Waals surface area contributed by atoms with E-state index in [1.165, 1.54) is 22.3 Å². The Bertz CT molecular complexity index is 1010. The number of ether oxygens (including phenoxy) is 1. The van der Waals surface area contributed by atoms with Crippen molar-refractivity contribution in [2.75, 3.05) is 32.8 Å². The quantitative estimate of drug-likeness (QED) is 0.612. The Morgan fingerprint density at radius 3 is 1.94 bits per heavy atom. The average molecular weight is 427 g/mol. The molecule has 0 saturated carbocycles. The van der Waals surface area contributed by atoms with Crippen LogP contribution in [0.15, 0.2) is 78.9 Å². The molecule has 0 atom stereocenters. The molecule has 3 aromatic rings. The zero-order valence-electron chi connectivity index (χ0n) is 18.5. The van der Waals surface area contributed by atoms with Crippen molar-refractivity contribution >= 4 is 5.91 Å². The third-order valence-corrected chi connectivity index (χ3v) is 6.73. The second-order valence-corrected chi connectivity index (χ2v) is 8.70. The van der Waals surface area contributed by atoms with Gasteiger partial charge in [0.2, 0.25) is 5.91 Å². The second kappa shape index (κ2) is 9.68. The van der Waals surface area contributed by atoms with Crippen molar-refractivity contribution < 1.29 is 9.53 Å². The van der Waals surface area contributed by atoms with Crippen molar-refractivity contribution in [3.63, 3.8) is 0 Å². The van der Waals surface area contributed by atoms with Gasteiger partial charge in [-0.25, -0.2) is 0 Å². The molecule has 4 heteroatoms. The first-order chi connectivity index (χ1) is 15.8. The summed E-state index contributed by atoms with van der Waals surface area (Å²) in [6, 6.07) is 28.0. The summed E-state index contributed by atoms with van der Waals surface area (Å²) in [5.41, 5.74) is 6.82. The van der Waals surface area contributed by atoms with Gasteiger partial charge >= 0.3 is 0 Å². The number of carbonyl (C=O) groups excluding carboxylic acids is 1. The van der Waals surface area contributed by atoms with Gasteiger partial charge in [0.1, 0.15) is 6.61 Å². The van der Waals surface area contributed by atoms with Gasteiger partial charge in [-0.05, 0) is 40.7 Å². The summed E-state index contributed by atoms with van der Waals surface area (Å²) in [6.07, 6.45) is 2.17. The molecular formula is C28H30N2O2. The number of benzene rings is 3. The number of hydrogen-bond donors (Lipinski definition) is 0. The molecule has 5 rings (SSSR count). The summed E-state index contributed by atoms with van der Waals surface area (Å²) >= 11 is 0. The lowest BCUT2D eigenvalue weighted by Gasteiger charge is -2.40. The lowest BCUT2D eigenvalue weighted by molar-refractivity contribution is -0.138. The Morgan fingerprint density at radius 1 is 0.750 bits per heavy atom. The van der Waals surface area contributed by atoms with Crippen LogP contribution < -0.4 is 0 Å². The van der Waals surface area contributed by atoms with Gasteiger partial charge in [-0.15, -0.1) is 0 Å². The van der Waals surface area contributed by atoms with Crippen LogP contribution in [0.3, 0.4) is 0 Å². The predicted octanol–water partition coefficient (Wildman–Crippen LogP) is 4.24. The molecule has 32 heavy (non-hydrogen) atoms. The Morgan fingerprint density at radius 2 is 1.31 bits per heavy atom. The van der Waals surface area contributed by atoms with E-state index in [9.17, 15) is 4.79 Å². The van der Waals surface area contributed by atoms with Crippen LogP contribution in [0, 0.1) is 0 Å². The highest BCUT2D eigenvalue weighted by Crippen LogP contribution is 2.37. The first-order valence-corrected chi connectivity index (χ1v) is 11.6. The summed E-state index contributed by atoms with van der Waals surface area (Å²) in [5, 5.41) is 0. The smallest absolute Gasteiger partial charge is 0.248 e. The molecule has 3 aromatic carbocycles. The third kappa shape index (κ3) is 4.47. The Hall–Kier alpha value is -2.95. The van der Waals surface area contributed by atoms with Gasteiger partial charge < -0.3 is 9.64 Å². The van der Waals surface area contributed by atoms with Crippen molar-refractivity contribution in [3.8, 4) is 0 Å². The molecule has 0 unspecified atom stereocenters. The fourth-order valence-electron chi connectivity index (χ4n) is 5.04.